The second kappa shape index (κ2) is 9.95. The van der Waals surface area contributed by atoms with Crippen LogP contribution in [0.1, 0.15) is 42.1 Å². The zero-order valence-electron chi connectivity index (χ0n) is 18.5. The van der Waals surface area contributed by atoms with Crippen LogP contribution in [0.3, 0.4) is 0 Å². The van der Waals surface area contributed by atoms with Crippen molar-refractivity contribution in [3.05, 3.63) is 100 Å². The van der Waals surface area contributed by atoms with Crippen molar-refractivity contribution < 1.29 is 5.11 Å². The Balaban J connectivity index is 1.82. The minimum absolute atomic E-state index is 0.0288. The number of rotatable bonds is 7. The number of aliphatic hydroxyl groups is 1. The molecule has 164 valence electrons. The molecule has 0 aliphatic heterocycles. The number of hydrogen-bond acceptors (Lipinski definition) is 3. The van der Waals surface area contributed by atoms with Gasteiger partial charge in [0.25, 0.3) is 0 Å². The molecule has 0 aliphatic carbocycles. The second-order valence-corrected chi connectivity index (χ2v) is 9.68. The highest BCUT2D eigenvalue weighted by Gasteiger charge is 2.23. The zero-order chi connectivity index (χ0) is 22.7. The van der Waals surface area contributed by atoms with Gasteiger partial charge in [0.15, 0.2) is 0 Å². The van der Waals surface area contributed by atoms with Crippen molar-refractivity contribution in [3.8, 4) is 11.1 Å². The lowest BCUT2D eigenvalue weighted by atomic mass is 10.0. The van der Waals surface area contributed by atoms with Gasteiger partial charge in [-0.25, -0.2) is 0 Å². The Morgan fingerprint density at radius 3 is 2.38 bits per heavy atom. The Hall–Kier alpha value is -2.53. The molecule has 0 saturated heterocycles. The molecule has 0 saturated carbocycles. The first-order valence-electron chi connectivity index (χ1n) is 10.7. The molecule has 2 heterocycles. The fourth-order valence-corrected chi connectivity index (χ4v) is 5.76. The van der Waals surface area contributed by atoms with E-state index in [0.717, 1.165) is 38.9 Å². The topological polar surface area (TPSA) is 38.0 Å². The third-order valence-corrected chi connectivity index (χ3v) is 6.98. The Morgan fingerprint density at radius 1 is 1.00 bits per heavy atom. The minimum atomic E-state index is 0.0288. The summed E-state index contributed by atoms with van der Waals surface area (Å²) in [5, 5.41) is 12.1. The van der Waals surface area contributed by atoms with Crippen LogP contribution < -0.4 is 0 Å². The molecule has 1 N–H and O–H groups in total. The standard InChI is InChI=1S/C27H27ClN2OS/c1-18(2)26-25(17-31)19(3)30(16-20-9-11-29-12-10-20)27(26)32-24-14-22(13-23(28)15-24)21-7-5-4-6-8-21/h4-15,18,31H,16-17H2,1-3H3. The summed E-state index contributed by atoms with van der Waals surface area (Å²) in [5.41, 5.74) is 6.72. The van der Waals surface area contributed by atoms with E-state index in [-0.39, 0.29) is 12.5 Å². The van der Waals surface area contributed by atoms with Crippen LogP contribution in [0.25, 0.3) is 11.1 Å². The number of aromatic nitrogens is 2. The molecule has 0 aliphatic rings. The highest BCUT2D eigenvalue weighted by atomic mass is 35.5. The number of benzene rings is 2. The van der Waals surface area contributed by atoms with Gasteiger partial charge in [-0.15, -0.1) is 0 Å². The van der Waals surface area contributed by atoms with Gasteiger partial charge in [-0.2, -0.15) is 0 Å². The average Bonchev–Trinajstić information content (AvgIpc) is 3.05. The largest absolute Gasteiger partial charge is 0.392 e. The first-order valence-corrected chi connectivity index (χ1v) is 11.9. The number of halogens is 1. The summed E-state index contributed by atoms with van der Waals surface area (Å²) in [6.45, 7) is 7.21. The molecular formula is C27H27ClN2OS. The maximum atomic E-state index is 10.2. The Morgan fingerprint density at radius 2 is 1.72 bits per heavy atom. The molecule has 4 rings (SSSR count). The molecular weight excluding hydrogens is 436 g/mol. The molecule has 0 spiro atoms. The van der Waals surface area contributed by atoms with E-state index < -0.39 is 0 Å². The van der Waals surface area contributed by atoms with Crippen LogP contribution in [0.5, 0.6) is 0 Å². The third kappa shape index (κ3) is 4.78. The van der Waals surface area contributed by atoms with E-state index >= 15 is 0 Å². The average molecular weight is 463 g/mol. The van der Waals surface area contributed by atoms with E-state index in [4.69, 9.17) is 11.6 Å². The molecule has 0 atom stereocenters. The molecule has 32 heavy (non-hydrogen) atoms. The second-order valence-electron chi connectivity index (χ2n) is 8.18. The van der Waals surface area contributed by atoms with E-state index in [0.29, 0.717) is 5.02 Å². The van der Waals surface area contributed by atoms with Gasteiger partial charge in [0.05, 0.1) is 11.6 Å². The van der Waals surface area contributed by atoms with Crippen LogP contribution >= 0.6 is 23.4 Å². The predicted octanol–water partition coefficient (Wildman–Crippen LogP) is 7.33. The smallest absolute Gasteiger partial charge is 0.0840 e. The Labute approximate surface area is 199 Å². The Bertz CT molecular complexity index is 1200. The number of pyridine rings is 1. The SMILES string of the molecule is Cc1c(CO)c(C(C)C)c(Sc2cc(Cl)cc(-c3ccccc3)c2)n1Cc1ccncc1. The van der Waals surface area contributed by atoms with Crippen molar-refractivity contribution in [2.45, 2.75) is 49.8 Å². The van der Waals surface area contributed by atoms with Crippen molar-refractivity contribution in [1.82, 2.24) is 9.55 Å². The summed E-state index contributed by atoms with van der Waals surface area (Å²) in [7, 11) is 0. The molecule has 2 aromatic carbocycles. The molecule has 0 radical (unpaired) electrons. The van der Waals surface area contributed by atoms with Crippen molar-refractivity contribution in [2.24, 2.45) is 0 Å². The van der Waals surface area contributed by atoms with E-state index in [1.807, 2.05) is 54.9 Å². The first kappa shape index (κ1) is 22.7. The number of aliphatic hydroxyl groups excluding tert-OH is 1. The van der Waals surface area contributed by atoms with Gasteiger partial charge in [-0.05, 0) is 65.4 Å². The van der Waals surface area contributed by atoms with Gasteiger partial charge < -0.3 is 9.67 Å². The quantitative estimate of drug-likeness (QED) is 0.312. The van der Waals surface area contributed by atoms with Crippen molar-refractivity contribution in [1.29, 1.82) is 0 Å². The zero-order valence-corrected chi connectivity index (χ0v) is 20.1. The molecule has 0 bridgehead atoms. The van der Waals surface area contributed by atoms with Crippen LogP contribution in [0, 0.1) is 6.92 Å². The monoisotopic (exact) mass is 462 g/mol. The number of hydrogen-bond donors (Lipinski definition) is 1. The molecule has 0 fully saturated rings. The van der Waals surface area contributed by atoms with E-state index in [9.17, 15) is 5.11 Å². The lowest BCUT2D eigenvalue weighted by Crippen LogP contribution is -2.04. The summed E-state index contributed by atoms with van der Waals surface area (Å²) < 4.78 is 2.31. The van der Waals surface area contributed by atoms with E-state index in [1.54, 1.807) is 11.8 Å². The van der Waals surface area contributed by atoms with Crippen LogP contribution in [-0.2, 0) is 13.2 Å². The maximum Gasteiger partial charge on any atom is 0.0840 e. The normalized spacial score (nSPS) is 11.3. The van der Waals surface area contributed by atoms with Gasteiger partial charge in [-0.3, -0.25) is 4.98 Å². The van der Waals surface area contributed by atoms with Crippen LogP contribution in [-0.4, -0.2) is 14.7 Å². The molecule has 4 aromatic rings. The van der Waals surface area contributed by atoms with Gasteiger partial charge in [-0.1, -0.05) is 67.5 Å². The molecule has 0 amide bonds. The molecule has 2 aromatic heterocycles. The van der Waals surface area contributed by atoms with Crippen LogP contribution in [0.4, 0.5) is 0 Å². The summed E-state index contributed by atoms with van der Waals surface area (Å²) >= 11 is 8.25. The third-order valence-electron chi connectivity index (χ3n) is 5.66. The minimum Gasteiger partial charge on any atom is -0.392 e. The van der Waals surface area contributed by atoms with E-state index in [2.05, 4.69) is 48.5 Å². The lowest BCUT2D eigenvalue weighted by molar-refractivity contribution is 0.279. The number of nitrogens with zero attached hydrogens (tertiary/aromatic N) is 2. The van der Waals surface area contributed by atoms with Gasteiger partial charge >= 0.3 is 0 Å². The van der Waals surface area contributed by atoms with Crippen molar-refractivity contribution in [3.63, 3.8) is 0 Å². The summed E-state index contributed by atoms with van der Waals surface area (Å²) in [6, 6.07) is 20.6. The van der Waals surface area contributed by atoms with E-state index in [1.165, 1.54) is 11.1 Å². The highest BCUT2D eigenvalue weighted by Crippen LogP contribution is 2.41. The summed E-state index contributed by atoms with van der Waals surface area (Å²) in [4.78, 5) is 5.23. The molecule has 3 nitrogen and oxygen atoms in total. The summed E-state index contributed by atoms with van der Waals surface area (Å²) in [5.74, 6) is 0.282. The van der Waals surface area contributed by atoms with Crippen LogP contribution in [0.15, 0.2) is 83.0 Å². The van der Waals surface area contributed by atoms with Crippen molar-refractivity contribution in [2.75, 3.05) is 0 Å². The molecule has 0 unspecified atom stereocenters. The Kier molecular flexibility index (Phi) is 7.04. The predicted molar refractivity (Wildman–Crippen MR) is 134 cm³/mol. The van der Waals surface area contributed by atoms with Gasteiger partial charge in [0.2, 0.25) is 0 Å². The lowest BCUT2D eigenvalue weighted by Gasteiger charge is -2.15. The van der Waals surface area contributed by atoms with Gasteiger partial charge in [0, 0.05) is 40.1 Å². The van der Waals surface area contributed by atoms with Crippen LogP contribution in [0.2, 0.25) is 5.02 Å². The fraction of sp³-hybridized carbons (Fsp3) is 0.222. The highest BCUT2D eigenvalue weighted by molar-refractivity contribution is 7.99. The fourth-order valence-electron chi connectivity index (χ4n) is 4.08. The van der Waals surface area contributed by atoms with Gasteiger partial charge in [0.1, 0.15) is 0 Å². The molecule has 5 heteroatoms. The first-order chi connectivity index (χ1) is 15.5. The van der Waals surface area contributed by atoms with Crippen molar-refractivity contribution >= 4 is 23.4 Å². The maximum absolute atomic E-state index is 10.2. The summed E-state index contributed by atoms with van der Waals surface area (Å²) in [6.07, 6.45) is 3.64.